The lowest BCUT2D eigenvalue weighted by atomic mass is 9.71. The van der Waals surface area contributed by atoms with Gasteiger partial charge in [0, 0.05) is 12.5 Å². The number of benzene rings is 2. The number of carboxylic acid groups (broad SMARTS) is 1. The summed E-state index contributed by atoms with van der Waals surface area (Å²) in [7, 11) is 1.90. The molecule has 2 aromatic carbocycles. The fourth-order valence-corrected chi connectivity index (χ4v) is 3.83. The first-order valence-electron chi connectivity index (χ1n) is 8.18. The molecule has 0 bridgehead atoms. The molecule has 2 atom stereocenters. The van der Waals surface area contributed by atoms with Crippen molar-refractivity contribution >= 4 is 18.4 Å². The van der Waals surface area contributed by atoms with Gasteiger partial charge in [-0.1, -0.05) is 54.6 Å². The molecular weight excluding hydrogens is 322 g/mol. The van der Waals surface area contributed by atoms with Crippen molar-refractivity contribution in [2.24, 2.45) is 5.92 Å². The molecule has 0 fully saturated rings. The average Bonchev–Trinajstić information content (AvgIpc) is 2.54. The van der Waals surface area contributed by atoms with Gasteiger partial charge in [-0.2, -0.15) is 0 Å². The summed E-state index contributed by atoms with van der Waals surface area (Å²) in [5.74, 6) is 0.0222. The maximum absolute atomic E-state index is 11.0. The largest absolute Gasteiger partial charge is 0.480 e. The Labute approximate surface area is 149 Å². The first-order chi connectivity index (χ1) is 11.1. The first-order valence-corrected chi connectivity index (χ1v) is 8.18. The van der Waals surface area contributed by atoms with Crippen molar-refractivity contribution in [2.75, 3.05) is 20.1 Å². The molecule has 1 aliphatic rings. The number of aliphatic carboxylic acids is 1. The molecule has 0 aromatic heterocycles. The van der Waals surface area contributed by atoms with E-state index in [1.165, 1.54) is 16.7 Å². The van der Waals surface area contributed by atoms with E-state index in [9.17, 15) is 4.79 Å². The molecule has 0 amide bonds. The van der Waals surface area contributed by atoms with E-state index < -0.39 is 5.97 Å². The monoisotopic (exact) mass is 345 g/mol. The van der Waals surface area contributed by atoms with Crippen LogP contribution >= 0.6 is 12.4 Å². The van der Waals surface area contributed by atoms with Crippen molar-refractivity contribution in [3.05, 3.63) is 71.3 Å². The third-order valence-corrected chi connectivity index (χ3v) is 4.76. The number of rotatable bonds is 5. The zero-order valence-corrected chi connectivity index (χ0v) is 14.7. The van der Waals surface area contributed by atoms with E-state index in [0.29, 0.717) is 11.8 Å². The van der Waals surface area contributed by atoms with E-state index in [0.717, 1.165) is 19.4 Å². The number of halogens is 1. The average molecular weight is 346 g/mol. The van der Waals surface area contributed by atoms with E-state index in [1.807, 2.05) is 18.0 Å². The van der Waals surface area contributed by atoms with Crippen LogP contribution in [0.4, 0.5) is 0 Å². The summed E-state index contributed by atoms with van der Waals surface area (Å²) in [5.41, 5.74) is 4.16. The van der Waals surface area contributed by atoms with E-state index in [4.69, 9.17) is 5.11 Å². The Kier molecular flexibility index (Phi) is 6.41. The molecule has 3 nitrogen and oxygen atoms in total. The van der Waals surface area contributed by atoms with Crippen LogP contribution in [0, 0.1) is 5.92 Å². The van der Waals surface area contributed by atoms with Gasteiger partial charge < -0.3 is 5.11 Å². The Bertz CT molecular complexity index is 674. The van der Waals surface area contributed by atoms with E-state index in [-0.39, 0.29) is 19.0 Å². The number of hydrogen-bond donors (Lipinski definition) is 1. The Morgan fingerprint density at radius 1 is 1.12 bits per heavy atom. The van der Waals surface area contributed by atoms with Gasteiger partial charge in [-0.25, -0.2) is 0 Å². The van der Waals surface area contributed by atoms with E-state index >= 15 is 0 Å². The minimum Gasteiger partial charge on any atom is -0.480 e. The fraction of sp³-hybridized carbons (Fsp3) is 0.350. The summed E-state index contributed by atoms with van der Waals surface area (Å²) in [6.07, 6.45) is 2.17. The van der Waals surface area contributed by atoms with Crippen LogP contribution in [0.1, 0.15) is 29.0 Å². The van der Waals surface area contributed by atoms with Gasteiger partial charge in [0.15, 0.2) is 0 Å². The highest BCUT2D eigenvalue weighted by Gasteiger charge is 2.31. The second kappa shape index (κ2) is 8.32. The number of fused-ring (bicyclic) bond motifs is 1. The van der Waals surface area contributed by atoms with Crippen molar-refractivity contribution in [1.82, 2.24) is 4.90 Å². The molecule has 0 radical (unpaired) electrons. The van der Waals surface area contributed by atoms with Crippen LogP contribution in [0.5, 0.6) is 0 Å². The molecule has 0 saturated heterocycles. The topological polar surface area (TPSA) is 40.5 Å². The Balaban J connectivity index is 0.00000208. The zero-order valence-electron chi connectivity index (χ0n) is 13.9. The van der Waals surface area contributed by atoms with Gasteiger partial charge in [0.2, 0.25) is 0 Å². The van der Waals surface area contributed by atoms with Gasteiger partial charge in [-0.3, -0.25) is 9.69 Å². The van der Waals surface area contributed by atoms with Crippen molar-refractivity contribution < 1.29 is 9.90 Å². The molecule has 0 heterocycles. The highest BCUT2D eigenvalue weighted by atomic mass is 35.5. The van der Waals surface area contributed by atoms with Crippen molar-refractivity contribution in [3.63, 3.8) is 0 Å². The van der Waals surface area contributed by atoms with E-state index in [1.54, 1.807) is 0 Å². The van der Waals surface area contributed by atoms with Crippen molar-refractivity contribution in [2.45, 2.75) is 18.8 Å². The number of nitrogens with zero attached hydrogens (tertiary/aromatic N) is 1. The molecule has 0 aliphatic heterocycles. The SMILES string of the molecule is CN(CC(=O)O)CC1CCc2ccccc2C1c1ccccc1.Cl. The summed E-state index contributed by atoms with van der Waals surface area (Å²) in [4.78, 5) is 12.9. The van der Waals surface area contributed by atoms with Crippen molar-refractivity contribution in [1.29, 1.82) is 0 Å². The van der Waals surface area contributed by atoms with Gasteiger partial charge in [0.05, 0.1) is 6.54 Å². The molecule has 0 saturated carbocycles. The number of likely N-dealkylation sites (N-methyl/N-ethyl adjacent to an activating group) is 1. The number of carboxylic acids is 1. The van der Waals surface area contributed by atoms with Gasteiger partial charge >= 0.3 is 5.97 Å². The highest BCUT2D eigenvalue weighted by molar-refractivity contribution is 5.85. The zero-order chi connectivity index (χ0) is 16.2. The van der Waals surface area contributed by atoms with Crippen molar-refractivity contribution in [3.8, 4) is 0 Å². The Morgan fingerprint density at radius 3 is 2.50 bits per heavy atom. The summed E-state index contributed by atoms with van der Waals surface area (Å²) in [6.45, 7) is 0.903. The molecule has 3 rings (SSSR count). The lowest BCUT2D eigenvalue weighted by molar-refractivity contribution is -0.138. The van der Waals surface area contributed by atoms with Crippen LogP contribution in [0.25, 0.3) is 0 Å². The summed E-state index contributed by atoms with van der Waals surface area (Å²) >= 11 is 0. The number of carbonyl (C=O) groups is 1. The molecule has 0 spiro atoms. The minimum absolute atomic E-state index is 0. The van der Waals surface area contributed by atoms with E-state index in [2.05, 4.69) is 48.5 Å². The normalized spacial score (nSPS) is 19.4. The number of aryl methyl sites for hydroxylation is 1. The summed E-state index contributed by atoms with van der Waals surface area (Å²) < 4.78 is 0. The number of hydrogen-bond acceptors (Lipinski definition) is 2. The summed E-state index contributed by atoms with van der Waals surface area (Å²) in [6, 6.07) is 19.3. The van der Waals surface area contributed by atoms with Crippen LogP contribution in [0.3, 0.4) is 0 Å². The quantitative estimate of drug-likeness (QED) is 0.895. The van der Waals surface area contributed by atoms with Gasteiger partial charge in [0.1, 0.15) is 0 Å². The maximum Gasteiger partial charge on any atom is 0.317 e. The molecular formula is C20H24ClNO2. The molecule has 1 aliphatic carbocycles. The van der Waals surface area contributed by atoms with Crippen LogP contribution in [-0.2, 0) is 11.2 Å². The van der Waals surface area contributed by atoms with Crippen LogP contribution < -0.4 is 0 Å². The standard InChI is InChI=1S/C20H23NO2.ClH/c1-21(14-19(22)23)13-17-12-11-15-7-5-6-10-18(15)20(17)16-8-3-2-4-9-16;/h2-10,17,20H,11-14H2,1H3,(H,22,23);1H. The second-order valence-corrected chi connectivity index (χ2v) is 6.48. The van der Waals surface area contributed by atoms with Crippen LogP contribution in [-0.4, -0.2) is 36.1 Å². The highest BCUT2D eigenvalue weighted by Crippen LogP contribution is 2.41. The predicted molar refractivity (Wildman–Crippen MR) is 98.9 cm³/mol. The Hall–Kier alpha value is -1.84. The molecule has 4 heteroatoms. The fourth-order valence-electron chi connectivity index (χ4n) is 3.83. The smallest absolute Gasteiger partial charge is 0.317 e. The minimum atomic E-state index is -0.764. The Morgan fingerprint density at radius 2 is 1.79 bits per heavy atom. The molecule has 24 heavy (non-hydrogen) atoms. The lowest BCUT2D eigenvalue weighted by Crippen LogP contribution is -2.35. The first kappa shape index (κ1) is 18.5. The second-order valence-electron chi connectivity index (χ2n) is 6.48. The molecule has 2 aromatic rings. The lowest BCUT2D eigenvalue weighted by Gasteiger charge is -2.36. The molecule has 2 unspecified atom stereocenters. The maximum atomic E-state index is 11.0. The third kappa shape index (κ3) is 4.16. The summed E-state index contributed by atoms with van der Waals surface area (Å²) in [5, 5.41) is 9.01. The third-order valence-electron chi connectivity index (χ3n) is 4.76. The predicted octanol–water partition coefficient (Wildman–Crippen LogP) is 3.82. The van der Waals surface area contributed by atoms with Gasteiger partial charge in [0.25, 0.3) is 0 Å². The van der Waals surface area contributed by atoms with Gasteiger partial charge in [-0.15, -0.1) is 12.4 Å². The van der Waals surface area contributed by atoms with Crippen LogP contribution in [0.2, 0.25) is 0 Å². The molecule has 1 N–H and O–H groups in total. The molecule has 128 valence electrons. The van der Waals surface area contributed by atoms with Crippen LogP contribution in [0.15, 0.2) is 54.6 Å². The van der Waals surface area contributed by atoms with Gasteiger partial charge in [-0.05, 0) is 42.5 Å².